The van der Waals surface area contributed by atoms with Gasteiger partial charge in [-0.3, -0.25) is 19.3 Å². The maximum absolute atomic E-state index is 14.1. The Kier molecular flexibility index (Phi) is 5.24. The molecule has 2 aliphatic heterocycles. The summed E-state index contributed by atoms with van der Waals surface area (Å²) in [6, 6.07) is 0. The van der Waals surface area contributed by atoms with Crippen LogP contribution < -0.4 is 10.4 Å². The molecule has 0 spiro atoms. The number of hydrogen-bond donors (Lipinski definition) is 1. The number of pyridine rings is 1. The molecular weight excluding hydrogens is 463 g/mol. The SMILES string of the molecule is CN1C(=O)c2c(O)c(=O)c(-c3nnc(CC4=C(F)C=C(F)CC4F)s3)cn2N2CCOC[C@H]12. The number of likely N-dealkylation sites (N-methyl/N-ethyl adjacent to an activating group) is 1. The molecule has 174 valence electrons. The number of aromatic hydroxyl groups is 1. The number of halogens is 3. The topological polar surface area (TPSA) is 101 Å². The molecule has 0 saturated carbocycles. The smallest absolute Gasteiger partial charge is 0.277 e. The van der Waals surface area contributed by atoms with E-state index < -0.39 is 47.5 Å². The van der Waals surface area contributed by atoms with Gasteiger partial charge in [0.05, 0.1) is 25.3 Å². The lowest BCUT2D eigenvalue weighted by Gasteiger charge is -2.47. The van der Waals surface area contributed by atoms with E-state index in [-0.39, 0.29) is 39.9 Å². The number of amides is 1. The first kappa shape index (κ1) is 21.6. The highest BCUT2D eigenvalue weighted by Gasteiger charge is 2.40. The average molecular weight is 481 g/mol. The lowest BCUT2D eigenvalue weighted by atomic mass is 9.99. The van der Waals surface area contributed by atoms with Gasteiger partial charge >= 0.3 is 0 Å². The Bertz CT molecular complexity index is 1270. The molecule has 1 aliphatic carbocycles. The van der Waals surface area contributed by atoms with E-state index in [2.05, 4.69) is 10.2 Å². The van der Waals surface area contributed by atoms with Gasteiger partial charge in [-0.15, -0.1) is 10.2 Å². The highest BCUT2D eigenvalue weighted by molar-refractivity contribution is 7.14. The van der Waals surface area contributed by atoms with Gasteiger partial charge in [0.2, 0.25) is 5.43 Å². The summed E-state index contributed by atoms with van der Waals surface area (Å²) < 4.78 is 48.3. The minimum absolute atomic E-state index is 0.0107. The molecule has 2 aromatic rings. The maximum atomic E-state index is 14.1. The van der Waals surface area contributed by atoms with Gasteiger partial charge in [0, 0.05) is 37.7 Å². The van der Waals surface area contributed by atoms with E-state index in [4.69, 9.17) is 4.74 Å². The Morgan fingerprint density at radius 3 is 2.85 bits per heavy atom. The van der Waals surface area contributed by atoms with Gasteiger partial charge in [0.1, 0.15) is 29.0 Å². The summed E-state index contributed by atoms with van der Waals surface area (Å²) in [7, 11) is 1.56. The Morgan fingerprint density at radius 1 is 1.30 bits per heavy atom. The molecule has 2 atom stereocenters. The van der Waals surface area contributed by atoms with Crippen LogP contribution in [0.5, 0.6) is 5.75 Å². The van der Waals surface area contributed by atoms with Crippen molar-refractivity contribution >= 4 is 17.2 Å². The van der Waals surface area contributed by atoms with Crippen LogP contribution in [0.2, 0.25) is 0 Å². The van der Waals surface area contributed by atoms with Crippen molar-refractivity contribution in [3.05, 3.63) is 50.4 Å². The first-order valence-electron chi connectivity index (χ1n) is 10.1. The van der Waals surface area contributed by atoms with Gasteiger partial charge in [-0.05, 0) is 0 Å². The molecule has 1 saturated heterocycles. The van der Waals surface area contributed by atoms with Crippen molar-refractivity contribution in [3.8, 4) is 16.3 Å². The lowest BCUT2D eigenvalue weighted by Crippen LogP contribution is -2.64. The minimum Gasteiger partial charge on any atom is -0.502 e. The van der Waals surface area contributed by atoms with E-state index in [1.54, 1.807) is 12.1 Å². The summed E-state index contributed by atoms with van der Waals surface area (Å²) in [6.07, 6.45) is -0.967. The van der Waals surface area contributed by atoms with Crippen molar-refractivity contribution in [2.75, 3.05) is 31.8 Å². The van der Waals surface area contributed by atoms with Gasteiger partial charge in [-0.25, -0.2) is 13.2 Å². The van der Waals surface area contributed by atoms with E-state index in [1.165, 1.54) is 15.8 Å². The summed E-state index contributed by atoms with van der Waals surface area (Å²) in [5.41, 5.74) is -1.23. The number of rotatable bonds is 3. The Hall–Kier alpha value is -3.19. The van der Waals surface area contributed by atoms with Crippen LogP contribution in [0.25, 0.3) is 10.6 Å². The van der Waals surface area contributed by atoms with Gasteiger partial charge in [0.15, 0.2) is 16.5 Å². The number of ether oxygens (including phenoxy) is 1. The first-order valence-corrected chi connectivity index (χ1v) is 10.9. The number of alkyl halides is 1. The summed E-state index contributed by atoms with van der Waals surface area (Å²) in [4.78, 5) is 27.1. The molecule has 1 unspecified atom stereocenters. The molecule has 13 heteroatoms. The molecule has 0 radical (unpaired) electrons. The Morgan fingerprint density at radius 2 is 2.09 bits per heavy atom. The number of nitrogens with zero attached hydrogens (tertiary/aromatic N) is 5. The highest BCUT2D eigenvalue weighted by atomic mass is 32.1. The van der Waals surface area contributed by atoms with Gasteiger partial charge in [-0.1, -0.05) is 11.3 Å². The molecule has 3 aliphatic rings. The number of allylic oxidation sites excluding steroid dienone is 4. The van der Waals surface area contributed by atoms with E-state index in [0.717, 1.165) is 11.3 Å². The third-order valence-corrected chi connectivity index (χ3v) is 6.82. The van der Waals surface area contributed by atoms with Crippen molar-refractivity contribution < 1.29 is 27.8 Å². The molecule has 9 nitrogen and oxygen atoms in total. The molecule has 1 N–H and O–H groups in total. The molecule has 0 bridgehead atoms. The molecule has 0 aromatic carbocycles. The predicted molar refractivity (Wildman–Crippen MR) is 112 cm³/mol. The average Bonchev–Trinajstić information content (AvgIpc) is 3.25. The van der Waals surface area contributed by atoms with Crippen LogP contribution in [0.4, 0.5) is 13.2 Å². The number of hydrogen-bond acceptors (Lipinski definition) is 8. The van der Waals surface area contributed by atoms with Gasteiger partial charge < -0.3 is 14.7 Å². The molecule has 33 heavy (non-hydrogen) atoms. The number of carbonyl (C=O) groups excluding carboxylic acids is 1. The summed E-state index contributed by atoms with van der Waals surface area (Å²) in [5.74, 6) is -3.12. The van der Waals surface area contributed by atoms with Crippen LogP contribution >= 0.6 is 11.3 Å². The van der Waals surface area contributed by atoms with Crippen LogP contribution in [0, 0.1) is 0 Å². The van der Waals surface area contributed by atoms with Crippen LogP contribution in [0.3, 0.4) is 0 Å². The standard InChI is InChI=1S/C20H18F3N5O4S/c1-26-15-8-32-3-2-27(15)28-7-11(17(29)18(30)16(28)20(26)31)19-25-24-14(33-19)6-10-12(22)4-9(21)5-13(10)23/h4,7,13,15,30H,2-3,5-6,8H2,1H3/t13?,15-/m1/s1. The Balaban J connectivity index is 1.54. The lowest BCUT2D eigenvalue weighted by molar-refractivity contribution is 0.0122. The van der Waals surface area contributed by atoms with Crippen molar-refractivity contribution in [3.63, 3.8) is 0 Å². The number of aromatic nitrogens is 3. The minimum atomic E-state index is -1.82. The largest absolute Gasteiger partial charge is 0.502 e. The monoisotopic (exact) mass is 481 g/mol. The molecule has 2 aromatic heterocycles. The molecular formula is C20H18F3N5O4S. The molecule has 1 fully saturated rings. The van der Waals surface area contributed by atoms with E-state index >= 15 is 0 Å². The molecule has 1 amide bonds. The summed E-state index contributed by atoms with van der Waals surface area (Å²) in [6.45, 7) is 1.06. The fourth-order valence-electron chi connectivity index (χ4n) is 4.12. The van der Waals surface area contributed by atoms with Crippen molar-refractivity contribution in [1.29, 1.82) is 0 Å². The van der Waals surface area contributed by atoms with E-state index in [0.29, 0.717) is 19.2 Å². The van der Waals surface area contributed by atoms with Crippen LogP contribution in [0.1, 0.15) is 21.9 Å². The van der Waals surface area contributed by atoms with Crippen molar-refractivity contribution in [2.24, 2.45) is 0 Å². The third-order valence-electron chi connectivity index (χ3n) is 5.87. The summed E-state index contributed by atoms with van der Waals surface area (Å²) in [5, 5.41) is 20.6. The second-order valence-electron chi connectivity index (χ2n) is 7.86. The number of morpholine rings is 1. The van der Waals surface area contributed by atoms with Gasteiger partial charge in [0.25, 0.3) is 5.91 Å². The summed E-state index contributed by atoms with van der Waals surface area (Å²) >= 11 is 0.922. The zero-order valence-corrected chi connectivity index (χ0v) is 18.1. The van der Waals surface area contributed by atoms with Crippen LogP contribution in [-0.4, -0.2) is 69.9 Å². The zero-order chi connectivity index (χ0) is 23.4. The second-order valence-corrected chi connectivity index (χ2v) is 8.92. The normalized spacial score (nSPS) is 22.9. The van der Waals surface area contributed by atoms with Gasteiger partial charge in [-0.2, -0.15) is 0 Å². The second kappa shape index (κ2) is 7.99. The molecule has 5 rings (SSSR count). The third kappa shape index (κ3) is 3.51. The van der Waals surface area contributed by atoms with Crippen molar-refractivity contribution in [1.82, 2.24) is 19.8 Å². The van der Waals surface area contributed by atoms with Crippen molar-refractivity contribution in [2.45, 2.75) is 25.2 Å². The fraction of sp³-hybridized carbons (Fsp3) is 0.400. The quantitative estimate of drug-likeness (QED) is 0.714. The maximum Gasteiger partial charge on any atom is 0.277 e. The van der Waals surface area contributed by atoms with E-state index in [1.807, 2.05) is 0 Å². The van der Waals surface area contributed by atoms with E-state index in [9.17, 15) is 27.9 Å². The highest BCUT2D eigenvalue weighted by Crippen LogP contribution is 2.33. The predicted octanol–water partition coefficient (Wildman–Crippen LogP) is 1.81. The Labute approximate surface area is 189 Å². The van der Waals surface area contributed by atoms with Crippen LogP contribution in [-0.2, 0) is 11.2 Å². The fourth-order valence-corrected chi connectivity index (χ4v) is 4.99. The zero-order valence-electron chi connectivity index (χ0n) is 17.3. The first-order chi connectivity index (χ1) is 15.8. The van der Waals surface area contributed by atoms with Crippen LogP contribution in [0.15, 0.2) is 34.3 Å². The molecule has 4 heterocycles. The number of carbonyl (C=O) groups is 1. The number of fused-ring (bicyclic) bond motifs is 3.